The highest BCUT2D eigenvalue weighted by molar-refractivity contribution is 5.73. The molecule has 0 bridgehead atoms. The lowest BCUT2D eigenvalue weighted by atomic mass is 10.0. The molecular weight excluding hydrogens is 196 g/mol. The first-order valence-electron chi connectivity index (χ1n) is 5.25. The minimum atomic E-state index is -0.917. The fraction of sp³-hybridized carbons (Fsp3) is 0.900. The Morgan fingerprint density at radius 1 is 1.47 bits per heavy atom. The lowest BCUT2D eigenvalue weighted by molar-refractivity contribution is 0.0270. The summed E-state index contributed by atoms with van der Waals surface area (Å²) in [4.78, 5) is 11.2. The number of rotatable bonds is 7. The molecule has 2 amide bonds. The molecule has 1 unspecified atom stereocenters. The Hall–Kier alpha value is -0.810. The largest absolute Gasteiger partial charge is 0.388 e. The predicted octanol–water partition coefficient (Wildman–Crippen LogP) is 0.483. The van der Waals surface area contributed by atoms with Gasteiger partial charge in [0, 0.05) is 33.2 Å². The third kappa shape index (κ3) is 8.20. The highest BCUT2D eigenvalue weighted by Crippen LogP contribution is 2.07. The molecule has 0 fully saturated rings. The van der Waals surface area contributed by atoms with Gasteiger partial charge in [0.1, 0.15) is 0 Å². The van der Waals surface area contributed by atoms with Gasteiger partial charge in [-0.15, -0.1) is 0 Å². The van der Waals surface area contributed by atoms with Crippen molar-refractivity contribution in [1.82, 2.24) is 10.6 Å². The molecule has 3 N–H and O–H groups in total. The summed E-state index contributed by atoms with van der Waals surface area (Å²) in [5.41, 5.74) is -0.917. The van der Waals surface area contributed by atoms with Gasteiger partial charge in [0.15, 0.2) is 0 Å². The molecule has 0 aliphatic carbocycles. The molecule has 0 spiro atoms. The van der Waals surface area contributed by atoms with Gasteiger partial charge in [-0.3, -0.25) is 0 Å². The van der Waals surface area contributed by atoms with Crippen LogP contribution >= 0.6 is 0 Å². The Morgan fingerprint density at radius 2 is 2.13 bits per heavy atom. The van der Waals surface area contributed by atoms with Crippen molar-refractivity contribution < 1.29 is 14.6 Å². The normalized spacial score (nSPS) is 14.4. The number of nitrogens with one attached hydrogen (secondary N) is 2. The van der Waals surface area contributed by atoms with Gasteiger partial charge in [-0.1, -0.05) is 6.92 Å². The SMILES string of the molecule is CCCNC(=O)NCC(C)(O)CCOC. The van der Waals surface area contributed by atoms with Crippen molar-refractivity contribution in [2.75, 3.05) is 26.8 Å². The minimum Gasteiger partial charge on any atom is -0.388 e. The first-order valence-corrected chi connectivity index (χ1v) is 5.25. The van der Waals surface area contributed by atoms with E-state index in [1.165, 1.54) is 0 Å². The average molecular weight is 218 g/mol. The van der Waals surface area contributed by atoms with E-state index in [9.17, 15) is 9.90 Å². The summed E-state index contributed by atoms with van der Waals surface area (Å²) < 4.78 is 4.86. The molecule has 0 heterocycles. The van der Waals surface area contributed by atoms with Gasteiger partial charge in [0.2, 0.25) is 0 Å². The van der Waals surface area contributed by atoms with Crippen LogP contribution in [0.1, 0.15) is 26.7 Å². The summed E-state index contributed by atoms with van der Waals surface area (Å²) in [6.07, 6.45) is 1.39. The van der Waals surface area contributed by atoms with Crippen molar-refractivity contribution in [1.29, 1.82) is 0 Å². The number of amides is 2. The summed E-state index contributed by atoms with van der Waals surface area (Å²) in [6.45, 7) is 5.00. The van der Waals surface area contributed by atoms with E-state index >= 15 is 0 Å². The number of carbonyl (C=O) groups is 1. The maximum atomic E-state index is 11.2. The van der Waals surface area contributed by atoms with Gasteiger partial charge in [0.05, 0.1) is 5.60 Å². The van der Waals surface area contributed by atoms with E-state index in [1.54, 1.807) is 14.0 Å². The Labute approximate surface area is 91.2 Å². The van der Waals surface area contributed by atoms with E-state index in [0.29, 0.717) is 19.6 Å². The first-order chi connectivity index (χ1) is 7.02. The van der Waals surface area contributed by atoms with Crippen LogP contribution in [0.5, 0.6) is 0 Å². The number of aliphatic hydroxyl groups is 1. The minimum absolute atomic E-state index is 0.228. The van der Waals surface area contributed by atoms with Crippen LogP contribution in [0.25, 0.3) is 0 Å². The third-order valence-electron chi connectivity index (χ3n) is 2.01. The summed E-state index contributed by atoms with van der Waals surface area (Å²) in [5, 5.41) is 15.1. The number of hydrogen-bond acceptors (Lipinski definition) is 3. The van der Waals surface area contributed by atoms with Crippen molar-refractivity contribution in [3.05, 3.63) is 0 Å². The molecule has 0 aromatic heterocycles. The van der Waals surface area contributed by atoms with E-state index < -0.39 is 5.60 Å². The number of carbonyl (C=O) groups excluding carboxylic acids is 1. The molecular formula is C10H22N2O3. The smallest absolute Gasteiger partial charge is 0.314 e. The number of urea groups is 1. The zero-order valence-corrected chi connectivity index (χ0v) is 9.80. The molecule has 0 saturated heterocycles. The molecule has 0 aliphatic rings. The van der Waals surface area contributed by atoms with Gasteiger partial charge in [0.25, 0.3) is 0 Å². The van der Waals surface area contributed by atoms with Gasteiger partial charge in [-0.05, 0) is 13.3 Å². The zero-order valence-electron chi connectivity index (χ0n) is 9.80. The quantitative estimate of drug-likeness (QED) is 0.582. The van der Waals surface area contributed by atoms with Gasteiger partial charge >= 0.3 is 6.03 Å². The van der Waals surface area contributed by atoms with Crippen LogP contribution in [-0.4, -0.2) is 43.5 Å². The lowest BCUT2D eigenvalue weighted by Crippen LogP contribution is -2.45. The standard InChI is InChI=1S/C10H22N2O3/c1-4-6-11-9(13)12-8-10(2,14)5-7-15-3/h14H,4-8H2,1-3H3,(H2,11,12,13). The van der Waals surface area contributed by atoms with Crippen molar-refractivity contribution in [3.8, 4) is 0 Å². The Bertz CT molecular complexity index is 184. The van der Waals surface area contributed by atoms with Crippen molar-refractivity contribution in [2.45, 2.75) is 32.3 Å². The van der Waals surface area contributed by atoms with Gasteiger partial charge in [-0.25, -0.2) is 4.79 Å². The molecule has 5 nitrogen and oxygen atoms in total. The van der Waals surface area contributed by atoms with E-state index in [2.05, 4.69) is 10.6 Å². The van der Waals surface area contributed by atoms with Crippen molar-refractivity contribution >= 4 is 6.03 Å². The van der Waals surface area contributed by atoms with Gasteiger partial charge < -0.3 is 20.5 Å². The maximum Gasteiger partial charge on any atom is 0.314 e. The Kier molecular flexibility index (Phi) is 7.07. The van der Waals surface area contributed by atoms with Crippen LogP contribution < -0.4 is 10.6 Å². The molecule has 15 heavy (non-hydrogen) atoms. The van der Waals surface area contributed by atoms with E-state index in [0.717, 1.165) is 6.42 Å². The maximum absolute atomic E-state index is 11.2. The van der Waals surface area contributed by atoms with E-state index in [4.69, 9.17) is 4.74 Å². The molecule has 0 saturated carbocycles. The third-order valence-corrected chi connectivity index (χ3v) is 2.01. The van der Waals surface area contributed by atoms with Crippen LogP contribution in [0.3, 0.4) is 0 Å². The Morgan fingerprint density at radius 3 is 2.67 bits per heavy atom. The predicted molar refractivity (Wildman–Crippen MR) is 58.8 cm³/mol. The highest BCUT2D eigenvalue weighted by atomic mass is 16.5. The molecule has 0 radical (unpaired) electrons. The summed E-state index contributed by atoms with van der Waals surface area (Å²) in [5.74, 6) is 0. The summed E-state index contributed by atoms with van der Waals surface area (Å²) in [7, 11) is 1.58. The fourth-order valence-electron chi connectivity index (χ4n) is 0.982. The van der Waals surface area contributed by atoms with Gasteiger partial charge in [-0.2, -0.15) is 0 Å². The van der Waals surface area contributed by atoms with Crippen LogP contribution in [-0.2, 0) is 4.74 Å². The molecule has 0 rings (SSSR count). The second-order valence-corrected chi connectivity index (χ2v) is 3.85. The van der Waals surface area contributed by atoms with Crippen molar-refractivity contribution in [3.63, 3.8) is 0 Å². The number of hydrogen-bond donors (Lipinski definition) is 3. The molecule has 5 heteroatoms. The molecule has 90 valence electrons. The summed E-state index contributed by atoms with van der Waals surface area (Å²) in [6, 6.07) is -0.241. The number of ether oxygens (including phenoxy) is 1. The number of methoxy groups -OCH3 is 1. The second-order valence-electron chi connectivity index (χ2n) is 3.85. The lowest BCUT2D eigenvalue weighted by Gasteiger charge is -2.23. The van der Waals surface area contributed by atoms with E-state index in [-0.39, 0.29) is 12.6 Å². The zero-order chi connectivity index (χ0) is 11.7. The second kappa shape index (κ2) is 7.48. The Balaban J connectivity index is 3.67. The topological polar surface area (TPSA) is 70.6 Å². The summed E-state index contributed by atoms with van der Waals surface area (Å²) >= 11 is 0. The highest BCUT2D eigenvalue weighted by Gasteiger charge is 2.20. The van der Waals surface area contributed by atoms with Crippen LogP contribution in [0.4, 0.5) is 4.79 Å². The first kappa shape index (κ1) is 14.2. The average Bonchev–Trinajstić information content (AvgIpc) is 2.21. The van der Waals surface area contributed by atoms with Crippen LogP contribution in [0.15, 0.2) is 0 Å². The monoisotopic (exact) mass is 218 g/mol. The molecule has 0 aromatic rings. The van der Waals surface area contributed by atoms with E-state index in [1.807, 2.05) is 6.92 Å². The van der Waals surface area contributed by atoms with Crippen LogP contribution in [0.2, 0.25) is 0 Å². The van der Waals surface area contributed by atoms with Crippen LogP contribution in [0, 0.1) is 0 Å². The van der Waals surface area contributed by atoms with Crippen molar-refractivity contribution in [2.24, 2.45) is 0 Å². The molecule has 0 aromatic carbocycles. The molecule has 0 aliphatic heterocycles. The fourth-order valence-corrected chi connectivity index (χ4v) is 0.982. The molecule has 1 atom stereocenters.